The van der Waals surface area contributed by atoms with Crippen molar-refractivity contribution >= 4 is 34.1 Å². The first-order chi connectivity index (χ1) is 13.9. The quantitative estimate of drug-likeness (QED) is 0.811. The Kier molecular flexibility index (Phi) is 5.66. The van der Waals surface area contributed by atoms with Crippen LogP contribution in [0.3, 0.4) is 0 Å². The van der Waals surface area contributed by atoms with Crippen LogP contribution in [0.1, 0.15) is 53.4 Å². The molecule has 1 fully saturated rings. The van der Waals surface area contributed by atoms with Crippen LogP contribution in [0.15, 0.2) is 0 Å². The molecule has 8 heteroatoms. The maximum atomic E-state index is 13.1. The summed E-state index contributed by atoms with van der Waals surface area (Å²) >= 11 is 1.43. The van der Waals surface area contributed by atoms with E-state index >= 15 is 0 Å². The fourth-order valence-electron chi connectivity index (χ4n) is 4.74. The van der Waals surface area contributed by atoms with Crippen LogP contribution >= 0.6 is 11.3 Å². The Morgan fingerprint density at radius 2 is 1.90 bits per heavy atom. The van der Waals surface area contributed by atoms with E-state index in [1.807, 2.05) is 4.90 Å². The van der Waals surface area contributed by atoms with Crippen molar-refractivity contribution in [2.45, 2.75) is 45.6 Å². The van der Waals surface area contributed by atoms with Gasteiger partial charge in [-0.25, -0.2) is 0 Å². The second-order valence-corrected chi connectivity index (χ2v) is 9.66. The molecule has 1 aromatic rings. The van der Waals surface area contributed by atoms with E-state index in [1.165, 1.54) is 21.1 Å². The molecule has 1 aromatic heterocycles. The SMILES string of the molecule is CC1CCC(C(=O)N2CCc3c(sc4c3C(=O)N(C)CC(=O)N4CCO)C2)CC1. The highest BCUT2D eigenvalue weighted by Gasteiger charge is 2.38. The summed E-state index contributed by atoms with van der Waals surface area (Å²) in [5, 5.41) is 10.1. The molecule has 3 aliphatic rings. The molecule has 7 nitrogen and oxygen atoms in total. The predicted molar refractivity (Wildman–Crippen MR) is 111 cm³/mol. The Morgan fingerprint density at radius 1 is 1.17 bits per heavy atom. The van der Waals surface area contributed by atoms with Crippen LogP contribution in [-0.2, 0) is 22.6 Å². The van der Waals surface area contributed by atoms with Gasteiger partial charge in [0.05, 0.1) is 18.7 Å². The number of amides is 3. The molecule has 4 rings (SSSR count). The van der Waals surface area contributed by atoms with Crippen molar-refractivity contribution in [3.63, 3.8) is 0 Å². The minimum Gasteiger partial charge on any atom is -0.395 e. The normalized spacial score (nSPS) is 25.0. The summed E-state index contributed by atoms with van der Waals surface area (Å²) in [4.78, 5) is 44.6. The Morgan fingerprint density at radius 3 is 2.59 bits per heavy atom. The molecule has 3 amide bonds. The molecule has 0 unspecified atom stereocenters. The van der Waals surface area contributed by atoms with Gasteiger partial charge in [-0.15, -0.1) is 11.3 Å². The Hall–Kier alpha value is -1.93. The van der Waals surface area contributed by atoms with Crippen LogP contribution in [-0.4, -0.2) is 65.9 Å². The molecular weight excluding hydrogens is 390 g/mol. The first-order valence-electron chi connectivity index (χ1n) is 10.5. The molecule has 158 valence electrons. The lowest BCUT2D eigenvalue weighted by Gasteiger charge is -2.33. The number of rotatable bonds is 3. The van der Waals surface area contributed by atoms with Crippen molar-refractivity contribution in [3.05, 3.63) is 16.0 Å². The van der Waals surface area contributed by atoms with Crippen molar-refractivity contribution in [2.24, 2.45) is 11.8 Å². The van der Waals surface area contributed by atoms with Crippen molar-refractivity contribution in [2.75, 3.05) is 38.2 Å². The van der Waals surface area contributed by atoms with Gasteiger partial charge in [-0.1, -0.05) is 6.92 Å². The standard InChI is InChI=1S/C21H29N3O4S/c1-13-3-5-14(6-4-13)19(27)23-8-7-15-16(11-23)29-21-18(15)20(28)22(2)12-17(26)24(21)9-10-25/h13-14,25H,3-12H2,1-2H3. The number of fused-ring (bicyclic) bond motifs is 3. The topological polar surface area (TPSA) is 81.2 Å². The molecule has 3 heterocycles. The molecule has 0 spiro atoms. The first-order valence-corrected chi connectivity index (χ1v) is 11.3. The number of thiophene rings is 1. The average molecular weight is 420 g/mol. The van der Waals surface area contributed by atoms with Crippen LogP contribution in [0, 0.1) is 11.8 Å². The number of carbonyl (C=O) groups excluding carboxylic acids is 3. The van der Waals surface area contributed by atoms with E-state index in [0.29, 0.717) is 36.0 Å². The molecule has 0 bridgehead atoms. The molecule has 1 saturated carbocycles. The summed E-state index contributed by atoms with van der Waals surface area (Å²) in [6, 6.07) is 0. The third kappa shape index (κ3) is 3.68. The lowest BCUT2D eigenvalue weighted by atomic mass is 9.82. The van der Waals surface area contributed by atoms with E-state index in [2.05, 4.69) is 6.92 Å². The van der Waals surface area contributed by atoms with E-state index < -0.39 is 0 Å². The highest BCUT2D eigenvalue weighted by atomic mass is 32.1. The largest absolute Gasteiger partial charge is 0.395 e. The van der Waals surface area contributed by atoms with Gasteiger partial charge < -0.3 is 14.9 Å². The number of nitrogens with zero attached hydrogens (tertiary/aromatic N) is 3. The number of likely N-dealkylation sites (N-methyl/N-ethyl adjacent to an activating group) is 1. The number of hydrogen-bond acceptors (Lipinski definition) is 5. The summed E-state index contributed by atoms with van der Waals surface area (Å²) in [6.07, 6.45) is 4.79. The summed E-state index contributed by atoms with van der Waals surface area (Å²) in [7, 11) is 1.64. The van der Waals surface area contributed by atoms with Gasteiger partial charge in [0.1, 0.15) is 11.5 Å². The van der Waals surface area contributed by atoms with Crippen LogP contribution in [0.5, 0.6) is 0 Å². The third-order valence-electron chi connectivity index (χ3n) is 6.52. The zero-order valence-corrected chi connectivity index (χ0v) is 18.0. The smallest absolute Gasteiger partial charge is 0.257 e. The highest BCUT2D eigenvalue weighted by molar-refractivity contribution is 7.17. The summed E-state index contributed by atoms with van der Waals surface area (Å²) in [6.45, 7) is 3.41. The second-order valence-electron chi connectivity index (χ2n) is 8.58. The maximum absolute atomic E-state index is 13.1. The fraction of sp³-hybridized carbons (Fsp3) is 0.667. The van der Waals surface area contributed by atoms with E-state index in [4.69, 9.17) is 0 Å². The number of hydrogen-bond donors (Lipinski definition) is 1. The monoisotopic (exact) mass is 419 g/mol. The van der Waals surface area contributed by atoms with E-state index in [9.17, 15) is 19.5 Å². The first kappa shape index (κ1) is 20.3. The van der Waals surface area contributed by atoms with Gasteiger partial charge in [0.15, 0.2) is 0 Å². The maximum Gasteiger partial charge on any atom is 0.257 e. The van der Waals surface area contributed by atoms with Crippen molar-refractivity contribution in [3.8, 4) is 0 Å². The van der Waals surface area contributed by atoms with E-state index in [0.717, 1.165) is 36.1 Å². The van der Waals surface area contributed by atoms with Crippen molar-refractivity contribution in [1.29, 1.82) is 0 Å². The Bertz CT molecular complexity index is 828. The molecular formula is C21H29N3O4S. The van der Waals surface area contributed by atoms with E-state index in [-0.39, 0.29) is 43.3 Å². The number of aliphatic hydroxyl groups is 1. The summed E-state index contributed by atoms with van der Waals surface area (Å²) in [5.74, 6) is 0.727. The minimum atomic E-state index is -0.184. The average Bonchev–Trinajstić information content (AvgIpc) is 3.05. The van der Waals surface area contributed by atoms with Gasteiger partial charge in [0.25, 0.3) is 5.91 Å². The predicted octanol–water partition coefficient (Wildman–Crippen LogP) is 1.87. The molecule has 0 radical (unpaired) electrons. The second kappa shape index (κ2) is 8.07. The lowest BCUT2D eigenvalue weighted by Crippen LogP contribution is -2.41. The summed E-state index contributed by atoms with van der Waals surface area (Å²) < 4.78 is 0. The van der Waals surface area contributed by atoms with Gasteiger partial charge in [-0.3, -0.25) is 19.3 Å². The molecule has 0 aromatic carbocycles. The molecule has 2 aliphatic heterocycles. The van der Waals surface area contributed by atoms with Gasteiger partial charge in [0.2, 0.25) is 11.8 Å². The fourth-order valence-corrected chi connectivity index (χ4v) is 6.14. The number of aliphatic hydroxyl groups excluding tert-OH is 1. The van der Waals surface area contributed by atoms with Gasteiger partial charge >= 0.3 is 0 Å². The van der Waals surface area contributed by atoms with Crippen LogP contribution in [0.25, 0.3) is 0 Å². The molecule has 1 aliphatic carbocycles. The lowest BCUT2D eigenvalue weighted by molar-refractivity contribution is -0.137. The van der Waals surface area contributed by atoms with Crippen molar-refractivity contribution < 1.29 is 19.5 Å². The minimum absolute atomic E-state index is 0.0136. The molecule has 1 N–H and O–H groups in total. The van der Waals surface area contributed by atoms with Gasteiger partial charge in [0, 0.05) is 30.9 Å². The number of carbonyl (C=O) groups is 3. The molecule has 0 atom stereocenters. The van der Waals surface area contributed by atoms with Gasteiger partial charge in [-0.05, 0) is 43.6 Å². The molecule has 0 saturated heterocycles. The summed E-state index contributed by atoms with van der Waals surface area (Å²) in [5.41, 5.74) is 1.56. The van der Waals surface area contributed by atoms with Gasteiger partial charge in [-0.2, -0.15) is 0 Å². The van der Waals surface area contributed by atoms with Crippen LogP contribution in [0.4, 0.5) is 5.00 Å². The Labute approximate surface area is 175 Å². The van der Waals surface area contributed by atoms with Crippen molar-refractivity contribution in [1.82, 2.24) is 9.80 Å². The zero-order chi connectivity index (χ0) is 20.7. The Balaban J connectivity index is 1.61. The third-order valence-corrected chi connectivity index (χ3v) is 7.76. The molecule has 29 heavy (non-hydrogen) atoms. The number of anilines is 1. The number of β-amino-alcohol motifs (C(OH)–C–C–N with tert-alkyl or cyclic N) is 1. The van der Waals surface area contributed by atoms with Crippen LogP contribution in [0.2, 0.25) is 0 Å². The highest BCUT2D eigenvalue weighted by Crippen LogP contribution is 2.42. The zero-order valence-electron chi connectivity index (χ0n) is 17.1. The van der Waals surface area contributed by atoms with E-state index in [1.54, 1.807) is 7.05 Å². The van der Waals surface area contributed by atoms with Crippen LogP contribution < -0.4 is 4.90 Å².